The number of benzene rings is 1. The third-order valence-corrected chi connectivity index (χ3v) is 4.98. The van der Waals surface area contributed by atoms with E-state index in [1.165, 1.54) is 5.56 Å². The van der Waals surface area contributed by atoms with Gasteiger partial charge in [-0.2, -0.15) is 0 Å². The first kappa shape index (κ1) is 17.8. The fraction of sp³-hybridized carbons (Fsp3) is 0.667. The van der Waals surface area contributed by atoms with Crippen LogP contribution in [0.25, 0.3) is 0 Å². The molecule has 1 aromatic carbocycles. The van der Waals surface area contributed by atoms with Crippen LogP contribution < -0.4 is 0 Å². The van der Waals surface area contributed by atoms with Crippen LogP contribution in [0.3, 0.4) is 0 Å². The summed E-state index contributed by atoms with van der Waals surface area (Å²) in [5.74, 6) is 0.193. The van der Waals surface area contributed by atoms with E-state index in [4.69, 9.17) is 20.9 Å². The zero-order chi connectivity index (χ0) is 16.8. The van der Waals surface area contributed by atoms with E-state index in [1.807, 2.05) is 12.1 Å². The molecule has 22 heavy (non-hydrogen) atoms. The van der Waals surface area contributed by atoms with E-state index in [9.17, 15) is 0 Å². The van der Waals surface area contributed by atoms with E-state index < -0.39 is 0 Å². The van der Waals surface area contributed by atoms with Gasteiger partial charge >= 0.3 is 7.12 Å². The van der Waals surface area contributed by atoms with E-state index in [1.54, 1.807) is 0 Å². The lowest BCUT2D eigenvalue weighted by molar-refractivity contribution is 0.00578. The van der Waals surface area contributed by atoms with Gasteiger partial charge in [0.2, 0.25) is 0 Å². The zero-order valence-corrected chi connectivity index (χ0v) is 15.6. The van der Waals surface area contributed by atoms with Crippen molar-refractivity contribution in [3.05, 3.63) is 34.9 Å². The van der Waals surface area contributed by atoms with Gasteiger partial charge < -0.3 is 9.31 Å². The fourth-order valence-electron chi connectivity index (χ4n) is 2.79. The maximum absolute atomic E-state index is 6.30. The summed E-state index contributed by atoms with van der Waals surface area (Å²) in [4.78, 5) is 0. The molecule has 1 aromatic rings. The third-order valence-electron chi connectivity index (χ3n) is 4.73. The summed E-state index contributed by atoms with van der Waals surface area (Å²) in [5, 5.41) is 0.757. The normalized spacial score (nSPS) is 21.9. The molecule has 2 nitrogen and oxygen atoms in total. The molecular formula is C18H28BClO2. The summed E-state index contributed by atoms with van der Waals surface area (Å²) in [5.41, 5.74) is 0.798. The van der Waals surface area contributed by atoms with Crippen molar-refractivity contribution >= 4 is 18.7 Å². The van der Waals surface area contributed by atoms with Crippen LogP contribution in [0.1, 0.15) is 66.3 Å². The monoisotopic (exact) mass is 322 g/mol. The third kappa shape index (κ3) is 3.87. The van der Waals surface area contributed by atoms with Crippen molar-refractivity contribution in [2.75, 3.05) is 0 Å². The second-order valence-electron chi connectivity index (χ2n) is 8.55. The van der Waals surface area contributed by atoms with Crippen LogP contribution in [0.2, 0.25) is 5.02 Å². The second-order valence-corrected chi connectivity index (χ2v) is 8.98. The highest BCUT2D eigenvalue weighted by molar-refractivity contribution is 6.47. The van der Waals surface area contributed by atoms with Gasteiger partial charge in [0.05, 0.1) is 11.2 Å². The van der Waals surface area contributed by atoms with Gasteiger partial charge in [0.1, 0.15) is 0 Å². The summed E-state index contributed by atoms with van der Waals surface area (Å²) in [6.07, 6.45) is 0.992. The summed E-state index contributed by atoms with van der Waals surface area (Å²) < 4.78 is 12.6. The Kier molecular flexibility index (Phi) is 4.74. The molecule has 0 bridgehead atoms. The minimum absolute atomic E-state index is 0.188. The molecule has 0 unspecified atom stereocenters. The highest BCUT2D eigenvalue weighted by Crippen LogP contribution is 2.44. The lowest BCUT2D eigenvalue weighted by atomic mass is 9.62. The summed E-state index contributed by atoms with van der Waals surface area (Å²) >= 11 is 6.04. The highest BCUT2D eigenvalue weighted by Gasteiger charge is 2.54. The molecule has 0 radical (unpaired) electrons. The first-order chi connectivity index (χ1) is 9.91. The molecule has 1 heterocycles. The quantitative estimate of drug-likeness (QED) is 0.685. The van der Waals surface area contributed by atoms with E-state index in [2.05, 4.69) is 60.6 Å². The Hall–Kier alpha value is -0.505. The van der Waals surface area contributed by atoms with Gasteiger partial charge in [-0.15, -0.1) is 0 Å². The average Bonchev–Trinajstić information content (AvgIpc) is 2.55. The smallest absolute Gasteiger partial charge is 0.403 e. The first-order valence-electron chi connectivity index (χ1n) is 8.02. The number of hydrogen-bond acceptors (Lipinski definition) is 2. The molecule has 122 valence electrons. The molecule has 4 heteroatoms. The Balaban J connectivity index is 2.32. The van der Waals surface area contributed by atoms with Crippen LogP contribution in [0.5, 0.6) is 0 Å². The molecule has 0 N–H and O–H groups in total. The second kappa shape index (κ2) is 5.85. The molecule has 1 fully saturated rings. The number of hydrogen-bond donors (Lipinski definition) is 0. The fourth-order valence-corrected chi connectivity index (χ4v) is 2.92. The summed E-state index contributed by atoms with van der Waals surface area (Å²) in [6, 6.07) is 8.06. The van der Waals surface area contributed by atoms with Crippen molar-refractivity contribution in [2.24, 2.45) is 5.41 Å². The van der Waals surface area contributed by atoms with Crippen LogP contribution in [-0.2, 0) is 9.31 Å². The lowest BCUT2D eigenvalue weighted by Gasteiger charge is -2.32. The molecular weight excluding hydrogens is 294 g/mol. The molecule has 0 saturated carbocycles. The molecule has 2 rings (SSSR count). The minimum Gasteiger partial charge on any atom is -0.403 e. The van der Waals surface area contributed by atoms with E-state index in [0.29, 0.717) is 0 Å². The van der Waals surface area contributed by atoms with Crippen molar-refractivity contribution in [2.45, 2.75) is 71.9 Å². The molecule has 1 saturated heterocycles. The predicted molar refractivity (Wildman–Crippen MR) is 94.3 cm³/mol. The van der Waals surface area contributed by atoms with Crippen molar-refractivity contribution in [3.63, 3.8) is 0 Å². The zero-order valence-electron chi connectivity index (χ0n) is 14.9. The summed E-state index contributed by atoms with van der Waals surface area (Å²) in [6.45, 7) is 15.2. The van der Waals surface area contributed by atoms with Gasteiger partial charge in [0.15, 0.2) is 0 Å². The van der Waals surface area contributed by atoms with Crippen molar-refractivity contribution in [1.29, 1.82) is 0 Å². The largest absolute Gasteiger partial charge is 0.465 e. The Morgan fingerprint density at radius 1 is 1.00 bits per heavy atom. The standard InChI is InChI=1S/C18H28BClO2/c1-16(2,3)12-15(13-8-10-14(20)11-9-13)19-21-17(4,5)18(6,7)22-19/h8-11,15H,12H2,1-7H3/t15-/m1/s1. The summed E-state index contributed by atoms with van der Waals surface area (Å²) in [7, 11) is -0.231. The van der Waals surface area contributed by atoms with Gasteiger partial charge in [-0.05, 0) is 57.2 Å². The van der Waals surface area contributed by atoms with E-state index in [0.717, 1.165) is 11.4 Å². The van der Waals surface area contributed by atoms with Crippen LogP contribution in [0.15, 0.2) is 24.3 Å². The van der Waals surface area contributed by atoms with Crippen LogP contribution >= 0.6 is 11.6 Å². The topological polar surface area (TPSA) is 18.5 Å². The van der Waals surface area contributed by atoms with Gasteiger partial charge in [-0.3, -0.25) is 0 Å². The Morgan fingerprint density at radius 2 is 1.45 bits per heavy atom. The van der Waals surface area contributed by atoms with Gasteiger partial charge in [-0.1, -0.05) is 44.5 Å². The van der Waals surface area contributed by atoms with E-state index in [-0.39, 0.29) is 29.6 Å². The van der Waals surface area contributed by atoms with Crippen LogP contribution in [0.4, 0.5) is 0 Å². The number of halogens is 1. The minimum atomic E-state index is -0.305. The first-order valence-corrected chi connectivity index (χ1v) is 8.40. The number of rotatable bonds is 3. The van der Waals surface area contributed by atoms with E-state index >= 15 is 0 Å². The van der Waals surface area contributed by atoms with Gasteiger partial charge in [-0.25, -0.2) is 0 Å². The highest BCUT2D eigenvalue weighted by atomic mass is 35.5. The van der Waals surface area contributed by atoms with Gasteiger partial charge in [0.25, 0.3) is 0 Å². The molecule has 0 amide bonds. The van der Waals surface area contributed by atoms with Gasteiger partial charge in [0, 0.05) is 10.8 Å². The Bertz CT molecular complexity index is 501. The molecule has 1 aliphatic heterocycles. The molecule has 1 aliphatic rings. The Labute approximate surface area is 140 Å². The van der Waals surface area contributed by atoms with Crippen LogP contribution in [0, 0.1) is 5.41 Å². The molecule has 1 atom stereocenters. The van der Waals surface area contributed by atoms with Crippen molar-refractivity contribution in [3.8, 4) is 0 Å². The van der Waals surface area contributed by atoms with Crippen LogP contribution in [-0.4, -0.2) is 18.3 Å². The average molecular weight is 323 g/mol. The maximum Gasteiger partial charge on any atom is 0.465 e. The molecule has 0 spiro atoms. The van der Waals surface area contributed by atoms with Crippen molar-refractivity contribution < 1.29 is 9.31 Å². The predicted octanol–water partition coefficient (Wildman–Crippen LogP) is 5.49. The molecule has 0 aromatic heterocycles. The lowest BCUT2D eigenvalue weighted by Crippen LogP contribution is -2.41. The maximum atomic E-state index is 6.30. The molecule has 0 aliphatic carbocycles. The SMILES string of the molecule is CC(C)(C)C[C@@H](B1OC(C)(C)C(C)(C)O1)c1ccc(Cl)cc1. The Morgan fingerprint density at radius 3 is 1.86 bits per heavy atom. The van der Waals surface area contributed by atoms with Crippen molar-refractivity contribution in [1.82, 2.24) is 0 Å².